The van der Waals surface area contributed by atoms with Crippen molar-refractivity contribution in [1.29, 1.82) is 0 Å². The molecule has 0 spiro atoms. The van der Waals surface area contributed by atoms with Crippen molar-refractivity contribution in [1.82, 2.24) is 9.80 Å². The minimum Gasteiger partial charge on any atom is -0.467 e. The molecule has 1 saturated carbocycles. The average molecular weight is 497 g/mol. The lowest BCUT2D eigenvalue weighted by Crippen LogP contribution is -2.72. The SMILES string of the molecule is COC(=O)[C@@H]1N2C(=O)[C@@H](N3CC4=CC(=O)[C@H](C5CC5)[C@H]4[C@@H]3[C@@H](O)Cc3ccccc3)[C@H]2SC1(C)C. The van der Waals surface area contributed by atoms with E-state index in [1.807, 2.05) is 44.2 Å². The van der Waals surface area contributed by atoms with E-state index in [1.165, 1.54) is 7.11 Å². The number of aliphatic hydroxyl groups excluding tert-OH is 1. The van der Waals surface area contributed by atoms with Crippen molar-refractivity contribution in [2.45, 2.75) is 67.5 Å². The number of ketones is 1. The van der Waals surface area contributed by atoms with Gasteiger partial charge in [-0.05, 0) is 56.2 Å². The summed E-state index contributed by atoms with van der Waals surface area (Å²) in [5, 5.41) is 11.4. The van der Waals surface area contributed by atoms with Gasteiger partial charge in [0.25, 0.3) is 0 Å². The molecule has 35 heavy (non-hydrogen) atoms. The van der Waals surface area contributed by atoms with Crippen molar-refractivity contribution in [3.05, 3.63) is 47.5 Å². The van der Waals surface area contributed by atoms with Crippen LogP contribution in [0.25, 0.3) is 0 Å². The summed E-state index contributed by atoms with van der Waals surface area (Å²) in [4.78, 5) is 42.9. The summed E-state index contributed by atoms with van der Waals surface area (Å²) in [5.41, 5.74) is 2.09. The Morgan fingerprint density at radius 2 is 1.91 bits per heavy atom. The highest BCUT2D eigenvalue weighted by atomic mass is 32.2. The third-order valence-electron chi connectivity index (χ3n) is 8.59. The number of fused-ring (bicyclic) bond motifs is 2. The normalized spacial score (nSPS) is 36.5. The largest absolute Gasteiger partial charge is 0.467 e. The molecule has 7 nitrogen and oxygen atoms in total. The molecule has 6 rings (SSSR count). The van der Waals surface area contributed by atoms with Crippen LogP contribution in [0.3, 0.4) is 0 Å². The smallest absolute Gasteiger partial charge is 0.330 e. The number of aliphatic hydroxyl groups is 1. The molecule has 4 fully saturated rings. The van der Waals surface area contributed by atoms with E-state index < -0.39 is 28.9 Å². The van der Waals surface area contributed by atoms with Crippen LogP contribution in [0.5, 0.6) is 0 Å². The van der Waals surface area contributed by atoms with Crippen LogP contribution in [-0.2, 0) is 25.5 Å². The molecule has 0 radical (unpaired) electrons. The molecule has 3 heterocycles. The summed E-state index contributed by atoms with van der Waals surface area (Å²) in [5.74, 6) is -0.0517. The van der Waals surface area contributed by atoms with Gasteiger partial charge in [-0.2, -0.15) is 0 Å². The number of ether oxygens (including phenoxy) is 1. The molecular weight excluding hydrogens is 464 g/mol. The maximum atomic E-state index is 13.6. The molecule has 1 amide bonds. The highest BCUT2D eigenvalue weighted by Crippen LogP contribution is 2.57. The number of thioether (sulfide) groups is 1. The predicted octanol–water partition coefficient (Wildman–Crippen LogP) is 2.03. The van der Waals surface area contributed by atoms with Crippen LogP contribution in [0, 0.1) is 17.8 Å². The van der Waals surface area contributed by atoms with E-state index in [-0.39, 0.29) is 34.9 Å². The maximum absolute atomic E-state index is 13.6. The number of rotatable bonds is 6. The molecule has 1 aromatic carbocycles. The lowest BCUT2D eigenvalue weighted by atomic mass is 9.80. The number of hydrogen-bond donors (Lipinski definition) is 1. The third kappa shape index (κ3) is 3.51. The Kier molecular flexibility index (Phi) is 5.44. The zero-order valence-corrected chi connectivity index (χ0v) is 21.1. The lowest BCUT2D eigenvalue weighted by molar-refractivity contribution is -0.168. The summed E-state index contributed by atoms with van der Waals surface area (Å²) < 4.78 is 4.56. The number of carbonyl (C=O) groups is 3. The zero-order chi connectivity index (χ0) is 24.6. The molecule has 5 aliphatic rings. The second-order valence-electron chi connectivity index (χ2n) is 11.2. The summed E-state index contributed by atoms with van der Waals surface area (Å²) in [6, 6.07) is 8.53. The van der Waals surface area contributed by atoms with Gasteiger partial charge >= 0.3 is 5.97 Å². The summed E-state index contributed by atoms with van der Waals surface area (Å²) in [6.45, 7) is 4.47. The van der Waals surface area contributed by atoms with Crippen molar-refractivity contribution in [2.24, 2.45) is 17.8 Å². The first-order valence-corrected chi connectivity index (χ1v) is 13.4. The highest BCUT2D eigenvalue weighted by Gasteiger charge is 2.68. The fourth-order valence-electron chi connectivity index (χ4n) is 6.98. The first-order chi connectivity index (χ1) is 16.7. The van der Waals surface area contributed by atoms with Gasteiger partial charge in [0, 0.05) is 29.2 Å². The minimum atomic E-state index is -0.710. The summed E-state index contributed by atoms with van der Waals surface area (Å²) in [7, 11) is 1.36. The van der Waals surface area contributed by atoms with Gasteiger partial charge in [-0.1, -0.05) is 30.3 Å². The first kappa shape index (κ1) is 23.3. The van der Waals surface area contributed by atoms with Crippen LogP contribution in [0.4, 0.5) is 0 Å². The topological polar surface area (TPSA) is 87.2 Å². The predicted molar refractivity (Wildman–Crippen MR) is 131 cm³/mol. The van der Waals surface area contributed by atoms with E-state index in [0.29, 0.717) is 18.9 Å². The van der Waals surface area contributed by atoms with Gasteiger partial charge in [0.05, 0.1) is 13.2 Å². The molecule has 2 aliphatic carbocycles. The van der Waals surface area contributed by atoms with E-state index in [2.05, 4.69) is 4.90 Å². The summed E-state index contributed by atoms with van der Waals surface area (Å²) in [6.07, 6.45) is 3.66. The van der Waals surface area contributed by atoms with E-state index >= 15 is 0 Å². The Balaban J connectivity index is 1.33. The molecule has 8 heteroatoms. The molecule has 0 unspecified atom stereocenters. The number of amides is 1. The van der Waals surface area contributed by atoms with Crippen molar-refractivity contribution < 1.29 is 24.2 Å². The zero-order valence-electron chi connectivity index (χ0n) is 20.3. The van der Waals surface area contributed by atoms with E-state index in [0.717, 1.165) is 24.0 Å². The van der Waals surface area contributed by atoms with Crippen LogP contribution in [0.15, 0.2) is 42.0 Å². The van der Waals surface area contributed by atoms with Gasteiger partial charge in [0.1, 0.15) is 17.5 Å². The van der Waals surface area contributed by atoms with Gasteiger partial charge in [-0.25, -0.2) is 4.79 Å². The second kappa shape index (κ2) is 8.18. The standard InChI is InChI=1S/C27H32N2O5S/c1-27(2)23(26(33)34-3)29-24(32)22(25(29)35-27)28-13-16-12-17(30)19(15-9-10-15)20(16)21(28)18(31)11-14-7-5-4-6-8-14/h4-8,12,15,18-23,25,31H,9-11,13H2,1-3H3/t18-,19-,20-,21-,22+,23-,25+/m0/s1. The van der Waals surface area contributed by atoms with Gasteiger partial charge in [-0.3, -0.25) is 14.5 Å². The number of hydrogen-bond acceptors (Lipinski definition) is 7. The van der Waals surface area contributed by atoms with Gasteiger partial charge in [0.15, 0.2) is 5.78 Å². The van der Waals surface area contributed by atoms with Crippen molar-refractivity contribution in [3.63, 3.8) is 0 Å². The van der Waals surface area contributed by atoms with E-state index in [4.69, 9.17) is 4.74 Å². The number of methoxy groups -OCH3 is 1. The van der Waals surface area contributed by atoms with Crippen LogP contribution in [-0.4, -0.2) is 80.6 Å². The molecule has 0 aromatic heterocycles. The van der Waals surface area contributed by atoms with Crippen LogP contribution >= 0.6 is 11.8 Å². The molecule has 7 atom stereocenters. The average Bonchev–Trinajstić information content (AvgIpc) is 3.45. The van der Waals surface area contributed by atoms with E-state index in [1.54, 1.807) is 22.7 Å². The van der Waals surface area contributed by atoms with Gasteiger partial charge < -0.3 is 14.7 Å². The number of β-lactam (4-membered cyclic amide) rings is 1. The van der Waals surface area contributed by atoms with Crippen LogP contribution in [0.2, 0.25) is 0 Å². The Hall–Kier alpha value is -2.16. The number of esters is 1. The summed E-state index contributed by atoms with van der Waals surface area (Å²) >= 11 is 1.63. The Bertz CT molecular complexity index is 1100. The fraction of sp³-hybridized carbons (Fsp3) is 0.593. The number of carbonyl (C=O) groups excluding carboxylic acids is 3. The van der Waals surface area contributed by atoms with Gasteiger partial charge in [0.2, 0.25) is 5.91 Å². The monoisotopic (exact) mass is 496 g/mol. The molecule has 3 aliphatic heterocycles. The maximum Gasteiger partial charge on any atom is 0.330 e. The molecular formula is C27H32N2O5S. The molecule has 0 bridgehead atoms. The molecule has 1 aromatic rings. The van der Waals surface area contributed by atoms with Crippen molar-refractivity contribution >= 4 is 29.4 Å². The van der Waals surface area contributed by atoms with E-state index in [9.17, 15) is 19.5 Å². The lowest BCUT2D eigenvalue weighted by Gasteiger charge is -2.50. The third-order valence-corrected chi connectivity index (χ3v) is 10.2. The number of likely N-dealkylation sites (tertiary alicyclic amines) is 1. The van der Waals surface area contributed by atoms with Crippen molar-refractivity contribution in [3.8, 4) is 0 Å². The fourth-order valence-corrected chi connectivity index (χ4v) is 8.68. The molecule has 3 saturated heterocycles. The minimum absolute atomic E-state index is 0.0496. The Morgan fingerprint density at radius 1 is 1.20 bits per heavy atom. The Labute approximate surface area is 209 Å². The first-order valence-electron chi connectivity index (χ1n) is 12.5. The molecule has 186 valence electrons. The van der Waals surface area contributed by atoms with Gasteiger partial charge in [-0.15, -0.1) is 11.8 Å². The second-order valence-corrected chi connectivity index (χ2v) is 12.9. The highest BCUT2D eigenvalue weighted by molar-refractivity contribution is 8.01. The quantitative estimate of drug-likeness (QED) is 0.476. The number of benzene rings is 1. The Morgan fingerprint density at radius 3 is 2.57 bits per heavy atom. The van der Waals surface area contributed by atoms with Crippen molar-refractivity contribution in [2.75, 3.05) is 13.7 Å². The molecule has 1 N–H and O–H groups in total. The van der Waals surface area contributed by atoms with Crippen LogP contribution < -0.4 is 0 Å². The number of nitrogens with zero attached hydrogens (tertiary/aromatic N) is 2. The number of allylic oxidation sites excluding steroid dienone is 1. The van der Waals surface area contributed by atoms with Crippen LogP contribution in [0.1, 0.15) is 32.3 Å².